The monoisotopic (exact) mass is 228 g/mol. The first kappa shape index (κ1) is 12.0. The van der Waals surface area contributed by atoms with Crippen LogP contribution in [0.1, 0.15) is 12.6 Å². The highest BCUT2D eigenvalue weighted by Gasteiger charge is 2.09. The second-order valence-corrected chi connectivity index (χ2v) is 6.01. The Hall–Kier alpha value is -1.10. The van der Waals surface area contributed by atoms with E-state index in [1.54, 1.807) is 6.20 Å². The molecule has 0 amide bonds. The molecule has 1 aromatic heterocycles. The fraction of sp³-hybridized carbons (Fsp3) is 0.500. The molecule has 0 saturated carbocycles. The van der Waals surface area contributed by atoms with Crippen LogP contribution >= 0.6 is 0 Å². The third kappa shape index (κ3) is 4.78. The van der Waals surface area contributed by atoms with E-state index in [9.17, 15) is 8.42 Å². The van der Waals surface area contributed by atoms with Crippen LogP contribution in [0.5, 0.6) is 0 Å². The van der Waals surface area contributed by atoms with Crippen LogP contribution in [-0.2, 0) is 9.84 Å². The van der Waals surface area contributed by atoms with Crippen LogP contribution in [0.25, 0.3) is 0 Å². The summed E-state index contributed by atoms with van der Waals surface area (Å²) in [6, 6.07) is 3.62. The largest absolute Gasteiger partial charge is 0.381 e. The summed E-state index contributed by atoms with van der Waals surface area (Å²) < 4.78 is 22.1. The van der Waals surface area contributed by atoms with Crippen LogP contribution in [0.2, 0.25) is 0 Å². The molecule has 1 heterocycles. The van der Waals surface area contributed by atoms with E-state index >= 15 is 0 Å². The van der Waals surface area contributed by atoms with Crippen molar-refractivity contribution in [2.75, 3.05) is 17.3 Å². The van der Waals surface area contributed by atoms with Gasteiger partial charge in [-0.05, 0) is 26.0 Å². The second-order valence-electron chi connectivity index (χ2n) is 3.82. The minimum Gasteiger partial charge on any atom is -0.381 e. The van der Waals surface area contributed by atoms with Gasteiger partial charge in [-0.25, -0.2) is 8.42 Å². The van der Waals surface area contributed by atoms with Crippen molar-refractivity contribution in [2.24, 2.45) is 0 Å². The molecule has 0 spiro atoms. The van der Waals surface area contributed by atoms with E-state index in [1.807, 2.05) is 26.0 Å². The van der Waals surface area contributed by atoms with E-state index in [-0.39, 0.29) is 11.8 Å². The molecule has 1 aromatic rings. The van der Waals surface area contributed by atoms with Gasteiger partial charge >= 0.3 is 0 Å². The number of aryl methyl sites for hydroxylation is 1. The van der Waals surface area contributed by atoms with Crippen molar-refractivity contribution in [3.8, 4) is 0 Å². The summed E-state index contributed by atoms with van der Waals surface area (Å²) in [6.07, 6.45) is 2.94. The lowest BCUT2D eigenvalue weighted by atomic mass is 10.3. The van der Waals surface area contributed by atoms with Crippen LogP contribution in [0.3, 0.4) is 0 Å². The molecule has 1 N–H and O–H groups in total. The Bertz CT molecular complexity index is 429. The maximum Gasteiger partial charge on any atom is 0.149 e. The molecule has 1 rings (SSSR count). The number of nitrogens with one attached hydrogen (secondary N) is 1. The van der Waals surface area contributed by atoms with E-state index < -0.39 is 9.84 Å². The molecule has 0 fully saturated rings. The first-order valence-electron chi connectivity index (χ1n) is 4.74. The topological polar surface area (TPSA) is 59.1 Å². The molecule has 84 valence electrons. The third-order valence-electron chi connectivity index (χ3n) is 1.86. The van der Waals surface area contributed by atoms with Crippen molar-refractivity contribution >= 4 is 15.5 Å². The van der Waals surface area contributed by atoms with Crippen LogP contribution < -0.4 is 5.32 Å². The van der Waals surface area contributed by atoms with Crippen molar-refractivity contribution < 1.29 is 8.42 Å². The minimum absolute atomic E-state index is 0.0956. The standard InChI is InChI=1S/C10H16N2O2S/c1-8-6-10(4-5-11-8)12-9(2)7-15(3,13)14/h4-6,9H,7H2,1-3H3,(H,11,12). The Kier molecular flexibility index (Phi) is 3.68. The van der Waals surface area contributed by atoms with E-state index in [0.29, 0.717) is 0 Å². The molecule has 0 aliphatic carbocycles. The van der Waals surface area contributed by atoms with Gasteiger partial charge in [-0.2, -0.15) is 0 Å². The predicted octanol–water partition coefficient (Wildman–Crippen LogP) is 1.24. The van der Waals surface area contributed by atoms with Gasteiger partial charge in [-0.3, -0.25) is 4.98 Å². The molecule has 5 heteroatoms. The number of nitrogens with zero attached hydrogens (tertiary/aromatic N) is 1. The van der Waals surface area contributed by atoms with Crippen molar-refractivity contribution in [1.82, 2.24) is 4.98 Å². The average molecular weight is 228 g/mol. The van der Waals surface area contributed by atoms with Gasteiger partial charge in [0.1, 0.15) is 9.84 Å². The van der Waals surface area contributed by atoms with E-state index in [1.165, 1.54) is 6.26 Å². The Morgan fingerprint density at radius 3 is 2.73 bits per heavy atom. The number of pyridine rings is 1. The molecule has 0 bridgehead atoms. The third-order valence-corrected chi connectivity index (χ3v) is 2.97. The zero-order chi connectivity index (χ0) is 11.5. The first-order valence-corrected chi connectivity index (χ1v) is 6.80. The van der Waals surface area contributed by atoms with Crippen molar-refractivity contribution in [3.05, 3.63) is 24.0 Å². The lowest BCUT2D eigenvalue weighted by molar-refractivity contribution is 0.598. The van der Waals surface area contributed by atoms with E-state index in [4.69, 9.17) is 0 Å². The number of anilines is 1. The van der Waals surface area contributed by atoms with Gasteiger partial charge in [-0.1, -0.05) is 0 Å². The Morgan fingerprint density at radius 2 is 2.20 bits per heavy atom. The summed E-state index contributed by atoms with van der Waals surface area (Å²) in [5, 5.41) is 3.12. The zero-order valence-corrected chi connectivity index (χ0v) is 10.0. The number of hydrogen-bond donors (Lipinski definition) is 1. The Morgan fingerprint density at radius 1 is 1.53 bits per heavy atom. The lowest BCUT2D eigenvalue weighted by Crippen LogP contribution is -2.24. The maximum atomic E-state index is 11.0. The quantitative estimate of drug-likeness (QED) is 0.842. The predicted molar refractivity (Wildman–Crippen MR) is 61.8 cm³/mol. The molecule has 1 atom stereocenters. The fourth-order valence-electron chi connectivity index (χ4n) is 1.42. The van der Waals surface area contributed by atoms with Crippen LogP contribution in [0.4, 0.5) is 5.69 Å². The number of rotatable bonds is 4. The normalized spacial score (nSPS) is 13.5. The molecule has 15 heavy (non-hydrogen) atoms. The lowest BCUT2D eigenvalue weighted by Gasteiger charge is -2.14. The number of aromatic nitrogens is 1. The summed E-state index contributed by atoms with van der Waals surface area (Å²) in [4.78, 5) is 4.06. The van der Waals surface area contributed by atoms with Crippen molar-refractivity contribution in [3.63, 3.8) is 0 Å². The molecule has 0 aliphatic rings. The van der Waals surface area contributed by atoms with Gasteiger partial charge in [-0.15, -0.1) is 0 Å². The van der Waals surface area contributed by atoms with Gasteiger partial charge in [0, 0.05) is 29.9 Å². The molecule has 0 aromatic carbocycles. The highest BCUT2D eigenvalue weighted by atomic mass is 32.2. The first-order chi connectivity index (χ1) is 6.87. The summed E-state index contributed by atoms with van der Waals surface area (Å²) in [7, 11) is -2.93. The summed E-state index contributed by atoms with van der Waals surface area (Å²) in [6.45, 7) is 3.74. The minimum atomic E-state index is -2.93. The van der Waals surface area contributed by atoms with Gasteiger partial charge in [0.15, 0.2) is 0 Å². The van der Waals surface area contributed by atoms with E-state index in [0.717, 1.165) is 11.4 Å². The molecule has 0 radical (unpaired) electrons. The summed E-state index contributed by atoms with van der Waals surface area (Å²) in [5.74, 6) is 0.133. The van der Waals surface area contributed by atoms with Gasteiger partial charge in [0.05, 0.1) is 5.75 Å². The zero-order valence-electron chi connectivity index (χ0n) is 9.19. The number of hydrogen-bond acceptors (Lipinski definition) is 4. The van der Waals surface area contributed by atoms with Crippen molar-refractivity contribution in [1.29, 1.82) is 0 Å². The van der Waals surface area contributed by atoms with Gasteiger partial charge in [0.2, 0.25) is 0 Å². The molecule has 1 unspecified atom stereocenters. The highest BCUT2D eigenvalue weighted by molar-refractivity contribution is 7.90. The summed E-state index contributed by atoms with van der Waals surface area (Å²) >= 11 is 0. The average Bonchev–Trinajstić information content (AvgIpc) is 1.99. The highest BCUT2D eigenvalue weighted by Crippen LogP contribution is 2.09. The van der Waals surface area contributed by atoms with Gasteiger partial charge in [0.25, 0.3) is 0 Å². The Balaban J connectivity index is 2.63. The molecular weight excluding hydrogens is 212 g/mol. The van der Waals surface area contributed by atoms with Crippen LogP contribution in [-0.4, -0.2) is 31.5 Å². The van der Waals surface area contributed by atoms with Gasteiger partial charge < -0.3 is 5.32 Å². The second kappa shape index (κ2) is 4.61. The number of sulfone groups is 1. The van der Waals surface area contributed by atoms with Crippen LogP contribution in [0.15, 0.2) is 18.3 Å². The van der Waals surface area contributed by atoms with E-state index in [2.05, 4.69) is 10.3 Å². The molecular formula is C10H16N2O2S. The van der Waals surface area contributed by atoms with Crippen molar-refractivity contribution in [2.45, 2.75) is 19.9 Å². The summed E-state index contributed by atoms with van der Waals surface area (Å²) in [5.41, 5.74) is 1.81. The maximum absolute atomic E-state index is 11.0. The molecule has 0 aliphatic heterocycles. The molecule has 0 saturated heterocycles. The Labute approximate surface area is 90.7 Å². The molecule has 4 nitrogen and oxygen atoms in total. The SMILES string of the molecule is Cc1cc(NC(C)CS(C)(=O)=O)ccn1. The smallest absolute Gasteiger partial charge is 0.149 e. The fourth-order valence-corrected chi connectivity index (χ4v) is 2.41. The van der Waals surface area contributed by atoms with Crippen LogP contribution in [0, 0.1) is 6.92 Å².